The Morgan fingerprint density at radius 2 is 1.96 bits per heavy atom. The first-order valence-corrected chi connectivity index (χ1v) is 8.75. The maximum Gasteiger partial charge on any atom is 0.401 e. The number of esters is 2. The molecule has 1 aromatic rings. The predicted molar refractivity (Wildman–Crippen MR) is 96.5 cm³/mol. The van der Waals surface area contributed by atoms with Gasteiger partial charge in [-0.1, -0.05) is 35.0 Å². The lowest BCUT2D eigenvalue weighted by molar-refractivity contribution is -0.575. The molecule has 0 bridgehead atoms. The van der Waals surface area contributed by atoms with Crippen molar-refractivity contribution in [3.05, 3.63) is 35.9 Å². The van der Waals surface area contributed by atoms with E-state index in [1.807, 2.05) is 30.3 Å². The van der Waals surface area contributed by atoms with Crippen LogP contribution in [0.25, 0.3) is 0 Å². The normalized spacial score (nSPS) is 20.1. The van der Waals surface area contributed by atoms with Gasteiger partial charge in [0.05, 0.1) is 26.9 Å². The minimum Gasteiger partial charge on any atom is -0.857 e. The van der Waals surface area contributed by atoms with E-state index in [4.69, 9.17) is 9.47 Å². The molecule has 9 heteroatoms. The molecule has 3 atom stereocenters. The van der Waals surface area contributed by atoms with Gasteiger partial charge in [0.25, 0.3) is 0 Å². The quantitative estimate of drug-likeness (QED) is 0.471. The van der Waals surface area contributed by atoms with Crippen molar-refractivity contribution in [2.45, 2.75) is 44.6 Å². The Hall–Kier alpha value is -2.78. The van der Waals surface area contributed by atoms with Crippen LogP contribution in [0.4, 0.5) is 0 Å². The number of benzene rings is 1. The molecule has 9 nitrogen and oxygen atoms in total. The highest BCUT2D eigenvalue weighted by Crippen LogP contribution is 2.20. The van der Waals surface area contributed by atoms with E-state index < -0.39 is 42.5 Å². The van der Waals surface area contributed by atoms with E-state index in [-0.39, 0.29) is 18.7 Å². The molecule has 0 aliphatic carbocycles. The van der Waals surface area contributed by atoms with E-state index >= 15 is 0 Å². The minimum atomic E-state index is -0.964. The van der Waals surface area contributed by atoms with Crippen LogP contribution < -0.4 is 5.11 Å². The number of carbonyl (C=O) groups excluding carboxylic acids is 2. The van der Waals surface area contributed by atoms with Gasteiger partial charge in [-0.3, -0.25) is 4.79 Å². The molecule has 1 aliphatic heterocycles. The summed E-state index contributed by atoms with van der Waals surface area (Å²) in [4.78, 5) is 23.9. The van der Waals surface area contributed by atoms with Gasteiger partial charge in [-0.15, -0.1) is 0 Å². The maximum atomic E-state index is 12.2. The molecule has 1 N–H and O–H groups in total. The third-order valence-corrected chi connectivity index (χ3v) is 4.29. The number of hydrazone groups is 1. The number of aliphatic hydroxyl groups is 1. The molecule has 0 saturated heterocycles. The Labute approximate surface area is 162 Å². The summed E-state index contributed by atoms with van der Waals surface area (Å²) in [7, 11) is 2.34. The van der Waals surface area contributed by atoms with Gasteiger partial charge < -0.3 is 24.4 Å². The molecule has 152 valence electrons. The van der Waals surface area contributed by atoms with Gasteiger partial charge in [0.15, 0.2) is 0 Å². The summed E-state index contributed by atoms with van der Waals surface area (Å²) >= 11 is 0. The first kappa shape index (κ1) is 21.5. The first-order chi connectivity index (χ1) is 13.4. The first-order valence-electron chi connectivity index (χ1n) is 8.75. The lowest BCUT2D eigenvalue weighted by Crippen LogP contribution is -2.45. The zero-order chi connectivity index (χ0) is 20.7. The Balaban J connectivity index is 2.34. The van der Waals surface area contributed by atoms with Gasteiger partial charge in [-0.2, -0.15) is 0 Å². The number of carbonyl (C=O) groups is 2. The summed E-state index contributed by atoms with van der Waals surface area (Å²) in [5.74, 6) is -2.00. The summed E-state index contributed by atoms with van der Waals surface area (Å²) < 4.78 is 16.3. The minimum absolute atomic E-state index is 0.0774. The zero-order valence-corrected chi connectivity index (χ0v) is 16.0. The van der Waals surface area contributed by atoms with Gasteiger partial charge in [-0.25, -0.2) is 4.79 Å². The number of methoxy groups -OCH3 is 2. The lowest BCUT2D eigenvalue weighted by atomic mass is 10.0. The van der Waals surface area contributed by atoms with E-state index in [0.29, 0.717) is 0 Å². The van der Waals surface area contributed by atoms with Gasteiger partial charge in [-0.05, 0) is 17.6 Å². The van der Waals surface area contributed by atoms with Crippen LogP contribution in [0.3, 0.4) is 0 Å². The highest BCUT2D eigenvalue weighted by atomic mass is 16.5. The van der Waals surface area contributed by atoms with Crippen LogP contribution in [-0.2, 0) is 30.4 Å². The number of aliphatic hydroxyl groups excluding tert-OH is 1. The molecule has 1 aromatic carbocycles. The fourth-order valence-corrected chi connectivity index (χ4v) is 2.93. The Morgan fingerprint density at radius 3 is 2.54 bits per heavy atom. The second kappa shape index (κ2) is 9.95. The van der Waals surface area contributed by atoms with Gasteiger partial charge >= 0.3 is 17.7 Å². The Morgan fingerprint density at radius 1 is 1.29 bits per heavy atom. The molecule has 1 heterocycles. The lowest BCUT2D eigenvalue weighted by Gasteiger charge is -2.23. The second-order valence-electron chi connectivity index (χ2n) is 6.30. The Kier molecular flexibility index (Phi) is 7.65. The van der Waals surface area contributed by atoms with Gasteiger partial charge in [0, 0.05) is 12.3 Å². The Bertz CT molecular complexity index is 759. The van der Waals surface area contributed by atoms with Crippen molar-refractivity contribution >= 4 is 23.5 Å². The van der Waals surface area contributed by atoms with E-state index in [1.54, 1.807) is 0 Å². The van der Waals surface area contributed by atoms with E-state index in [9.17, 15) is 19.8 Å². The fourth-order valence-electron chi connectivity index (χ4n) is 2.93. The van der Waals surface area contributed by atoms with Crippen LogP contribution in [0.5, 0.6) is 0 Å². The van der Waals surface area contributed by atoms with Crippen molar-refractivity contribution in [3.63, 3.8) is 0 Å². The second-order valence-corrected chi connectivity index (χ2v) is 6.30. The molecule has 0 aromatic heterocycles. The number of hydrogen-bond acceptors (Lipinski definition) is 8. The molecule has 0 spiro atoms. The molecular formula is C19H24N2O7. The van der Waals surface area contributed by atoms with Crippen molar-refractivity contribution in [2.24, 2.45) is 5.10 Å². The van der Waals surface area contributed by atoms with Crippen LogP contribution in [0.2, 0.25) is 0 Å². The summed E-state index contributed by atoms with van der Waals surface area (Å²) in [5, 5.41) is 26.1. The summed E-state index contributed by atoms with van der Waals surface area (Å²) in [6.45, 7) is 1.72. The van der Waals surface area contributed by atoms with Crippen molar-refractivity contribution in [2.75, 3.05) is 14.2 Å². The highest BCUT2D eigenvalue weighted by Gasteiger charge is 2.44. The van der Waals surface area contributed by atoms with Crippen LogP contribution >= 0.6 is 0 Å². The number of nitrogens with zero attached hydrogens (tertiary/aromatic N) is 2. The van der Waals surface area contributed by atoms with E-state index in [0.717, 1.165) is 17.4 Å². The number of hydrogen-bond donors (Lipinski definition) is 1. The van der Waals surface area contributed by atoms with Crippen LogP contribution in [0.1, 0.15) is 25.3 Å². The average Bonchev–Trinajstić information content (AvgIpc) is 3.06. The zero-order valence-electron chi connectivity index (χ0n) is 16.0. The van der Waals surface area contributed by atoms with Crippen LogP contribution in [-0.4, -0.2) is 65.8 Å². The summed E-state index contributed by atoms with van der Waals surface area (Å²) in [6, 6.07) is 8.55. The maximum absolute atomic E-state index is 12.2. The molecule has 0 amide bonds. The highest BCUT2D eigenvalue weighted by molar-refractivity contribution is 6.37. The van der Waals surface area contributed by atoms with E-state index in [1.165, 1.54) is 14.0 Å². The van der Waals surface area contributed by atoms with Gasteiger partial charge in [0.1, 0.15) is 12.5 Å². The average molecular weight is 392 g/mol. The molecule has 0 fully saturated rings. The van der Waals surface area contributed by atoms with Crippen LogP contribution in [0.15, 0.2) is 35.4 Å². The van der Waals surface area contributed by atoms with Crippen molar-refractivity contribution in [3.8, 4) is 0 Å². The fraction of sp³-hybridized carbons (Fsp3) is 0.474. The summed E-state index contributed by atoms with van der Waals surface area (Å²) in [6.07, 6.45) is -2.31. The molecule has 3 unspecified atom stereocenters. The third kappa shape index (κ3) is 5.37. The predicted octanol–water partition coefficient (Wildman–Crippen LogP) is -0.412. The van der Waals surface area contributed by atoms with Crippen molar-refractivity contribution in [1.29, 1.82) is 0 Å². The number of rotatable bonds is 8. The smallest absolute Gasteiger partial charge is 0.401 e. The largest absolute Gasteiger partial charge is 0.857 e. The monoisotopic (exact) mass is 392 g/mol. The standard InChI is InChI=1S/C19H24N2O7/c1-12(22)18(28-11-13-7-5-4-6-8-13)14-9-16(23)20-21(14)15(19(25)27-3)10-17(24)26-2/h4-8,12,14,18,22H,9-11H2,1-3H3. The third-order valence-electron chi connectivity index (χ3n) is 4.29. The molecule has 1 aliphatic rings. The molecule has 0 saturated carbocycles. The van der Waals surface area contributed by atoms with Crippen molar-refractivity contribution in [1.82, 2.24) is 0 Å². The topological polar surface area (TPSA) is 120 Å². The van der Waals surface area contributed by atoms with Crippen LogP contribution in [0, 0.1) is 0 Å². The molecule has 0 radical (unpaired) electrons. The van der Waals surface area contributed by atoms with E-state index in [2.05, 4.69) is 9.84 Å². The number of ether oxygens (including phenoxy) is 3. The SMILES string of the molecule is COC(=O)CC(C(=O)OC)=[N+]1N=C([O-])CC1C(OCc1ccccc1)C(C)O. The van der Waals surface area contributed by atoms with Gasteiger partial charge in [0.2, 0.25) is 6.04 Å². The molecular weight excluding hydrogens is 368 g/mol. The molecule has 28 heavy (non-hydrogen) atoms. The summed E-state index contributed by atoms with van der Waals surface area (Å²) in [5.41, 5.74) is 0.729. The van der Waals surface area contributed by atoms with Crippen molar-refractivity contribution < 1.29 is 38.7 Å². The molecule has 2 rings (SSSR count).